The number of nitrogens with one attached hydrogen (secondary N) is 3. The summed E-state index contributed by atoms with van der Waals surface area (Å²) in [6.07, 6.45) is 5.87. The van der Waals surface area contributed by atoms with Crippen LogP contribution in [-0.2, 0) is 21.2 Å². The molecule has 2 amide bonds. The number of fused-ring (bicyclic) bond motifs is 2. The number of alkyl carbamates (subject to hydrolysis) is 1. The van der Waals surface area contributed by atoms with Crippen LogP contribution in [0.3, 0.4) is 0 Å². The fourth-order valence-electron chi connectivity index (χ4n) is 8.46. The average molecular weight is 898 g/mol. The minimum Gasteiger partial charge on any atom is -0.493 e. The van der Waals surface area contributed by atoms with Gasteiger partial charge in [0.05, 0.1) is 40.9 Å². The van der Waals surface area contributed by atoms with E-state index < -0.39 is 37.5 Å². The van der Waals surface area contributed by atoms with Gasteiger partial charge in [0.15, 0.2) is 0 Å². The number of carbonyl (C=O) groups is 2. The molecule has 3 aliphatic rings. The molecule has 1 fully saturated rings. The molecule has 3 N–H and O–H groups in total. The van der Waals surface area contributed by atoms with Crippen molar-refractivity contribution in [2.24, 2.45) is 11.3 Å². The molecule has 1 aliphatic carbocycles. The van der Waals surface area contributed by atoms with Crippen LogP contribution < -0.4 is 24.4 Å². The summed E-state index contributed by atoms with van der Waals surface area (Å²) >= 11 is 6.24. The molecule has 8 rings (SSSR count). The van der Waals surface area contributed by atoms with Gasteiger partial charge < -0.3 is 29.4 Å². The number of ether oxygens (including phenoxy) is 3. The minimum absolute atomic E-state index is 0.00567. The van der Waals surface area contributed by atoms with Crippen LogP contribution in [0.5, 0.6) is 17.2 Å². The van der Waals surface area contributed by atoms with Crippen molar-refractivity contribution in [2.75, 3.05) is 57.9 Å². The molecule has 0 spiro atoms. The molecule has 0 radical (unpaired) electrons. The molecule has 0 saturated carbocycles. The number of piperazine rings is 1. The number of rotatable bonds is 12. The fourth-order valence-corrected chi connectivity index (χ4v) is 9.59. The molecule has 0 unspecified atom stereocenters. The zero-order valence-corrected chi connectivity index (χ0v) is 36.7. The van der Waals surface area contributed by atoms with Crippen molar-refractivity contribution in [1.29, 1.82) is 0 Å². The van der Waals surface area contributed by atoms with Crippen LogP contribution in [0.1, 0.15) is 54.6 Å². The van der Waals surface area contributed by atoms with Crippen LogP contribution in [0.15, 0.2) is 89.6 Å². The Balaban J connectivity index is 1.02. The Bertz CT molecular complexity index is 2710. The van der Waals surface area contributed by atoms with E-state index in [9.17, 15) is 28.1 Å². The largest absolute Gasteiger partial charge is 0.493 e. The maximum atomic E-state index is 14.0. The number of pyridine rings is 1. The zero-order chi connectivity index (χ0) is 44.5. The van der Waals surface area contributed by atoms with Gasteiger partial charge in [-0.3, -0.25) is 19.8 Å². The second-order valence-electron chi connectivity index (χ2n) is 16.9. The highest BCUT2D eigenvalue weighted by Crippen LogP contribution is 2.44. The number of nitrogens with zero attached hydrogens (tertiary/aromatic N) is 4. The first-order chi connectivity index (χ1) is 30.1. The lowest BCUT2D eigenvalue weighted by atomic mass is 9.72. The van der Waals surface area contributed by atoms with Crippen molar-refractivity contribution in [2.45, 2.75) is 44.4 Å². The summed E-state index contributed by atoms with van der Waals surface area (Å²) in [7, 11) is -3.46. The molecule has 4 heterocycles. The number of aromatic amines is 1. The van der Waals surface area contributed by atoms with Gasteiger partial charge in [-0.05, 0) is 78.6 Å². The number of H-pyrrole nitrogens is 1. The monoisotopic (exact) mass is 897 g/mol. The maximum absolute atomic E-state index is 14.0. The summed E-state index contributed by atoms with van der Waals surface area (Å²) in [4.78, 5) is 48.7. The Kier molecular flexibility index (Phi) is 12.4. The Morgan fingerprint density at radius 2 is 1.84 bits per heavy atom. The summed E-state index contributed by atoms with van der Waals surface area (Å²) in [5.41, 5.74) is 5.30. The van der Waals surface area contributed by atoms with E-state index in [1.54, 1.807) is 24.4 Å². The van der Waals surface area contributed by atoms with E-state index in [0.29, 0.717) is 24.5 Å². The van der Waals surface area contributed by atoms with Gasteiger partial charge >= 0.3 is 6.09 Å². The summed E-state index contributed by atoms with van der Waals surface area (Å²) in [6, 6.07) is 18.8. The Hall–Kier alpha value is -6.17. The first-order valence-corrected chi connectivity index (χ1v) is 22.5. The fraction of sp³-hybridized carbons (Fsp3) is 0.356. The number of nitro groups is 1. The van der Waals surface area contributed by atoms with Crippen LogP contribution in [0.25, 0.3) is 16.6 Å². The lowest BCUT2D eigenvalue weighted by Gasteiger charge is -2.39. The van der Waals surface area contributed by atoms with Crippen LogP contribution in [-0.4, -0.2) is 93.2 Å². The predicted molar refractivity (Wildman–Crippen MR) is 238 cm³/mol. The second kappa shape index (κ2) is 17.9. The summed E-state index contributed by atoms with van der Waals surface area (Å²) in [5, 5.41) is 16.2. The summed E-state index contributed by atoms with van der Waals surface area (Å²) in [6.45, 7) is 8.69. The van der Waals surface area contributed by atoms with Crippen LogP contribution >= 0.6 is 11.6 Å². The van der Waals surface area contributed by atoms with Crippen molar-refractivity contribution in [3.05, 3.63) is 117 Å². The Labute approximate surface area is 369 Å². The smallest absolute Gasteiger partial charge is 0.406 e. The van der Waals surface area contributed by atoms with Crippen LogP contribution in [0, 0.1) is 21.4 Å². The molecule has 2 aromatic heterocycles. The van der Waals surface area contributed by atoms with E-state index >= 15 is 0 Å². The number of aromatic nitrogens is 2. The standard InChI is InChI=1S/C45H48ClN7O9S/c1-45(2)12-10-31(38(23-45)29-4-6-32(46)7-5-29)26-51-14-16-52(17-15-51)33-8-9-36(41(20-33)62-34-19-30-11-13-47-42(30)48-25-34)43(54)50-63(58,59)35-21-39(53(56)57)37-18-28(24-49-44(55)60-3)27-61-40(37)22-35/h4-9,11,13,19-22,25,28H,10,12,14-18,23-24,26-27H2,1-3H3,(H,47,48)(H,49,55)(H,50,54)/t28-/m1/s1. The highest BCUT2D eigenvalue weighted by atomic mass is 35.5. The normalized spacial score (nSPS) is 17.7. The molecule has 2 aliphatic heterocycles. The number of methoxy groups -OCH3 is 1. The number of benzene rings is 3. The molecule has 5 aromatic rings. The Morgan fingerprint density at radius 1 is 1.06 bits per heavy atom. The number of allylic oxidation sites excluding steroid dienone is 1. The van der Waals surface area contributed by atoms with E-state index in [2.05, 4.69) is 60.5 Å². The molecule has 16 nitrogen and oxygen atoms in total. The number of sulfonamides is 1. The molecule has 1 atom stereocenters. The van der Waals surface area contributed by atoms with Gasteiger partial charge in [0.2, 0.25) is 0 Å². The third kappa shape index (κ3) is 9.90. The molecule has 3 aromatic carbocycles. The molecule has 0 bridgehead atoms. The second-order valence-corrected chi connectivity index (χ2v) is 19.0. The number of carbonyl (C=O) groups excluding carboxylic acids is 2. The number of anilines is 1. The van der Waals surface area contributed by atoms with Gasteiger partial charge in [-0.1, -0.05) is 43.2 Å². The molecular weight excluding hydrogens is 850 g/mol. The number of hydrogen-bond acceptors (Lipinski definition) is 12. The van der Waals surface area contributed by atoms with E-state index in [1.165, 1.54) is 36.1 Å². The van der Waals surface area contributed by atoms with Gasteiger partial charge in [-0.2, -0.15) is 0 Å². The highest BCUT2D eigenvalue weighted by molar-refractivity contribution is 7.90. The third-order valence-corrected chi connectivity index (χ3v) is 13.5. The van der Waals surface area contributed by atoms with Crippen molar-refractivity contribution in [3.8, 4) is 17.2 Å². The summed E-state index contributed by atoms with van der Waals surface area (Å²) in [5.74, 6) is -0.935. The van der Waals surface area contributed by atoms with Crippen LogP contribution in [0.4, 0.5) is 16.2 Å². The number of hydrogen-bond donors (Lipinski definition) is 3. The molecule has 330 valence electrons. The van der Waals surface area contributed by atoms with Crippen molar-refractivity contribution in [3.63, 3.8) is 0 Å². The lowest BCUT2D eigenvalue weighted by Crippen LogP contribution is -2.47. The zero-order valence-electron chi connectivity index (χ0n) is 35.1. The molecular formula is C45H48ClN7O9S. The van der Waals surface area contributed by atoms with Crippen molar-refractivity contribution < 1.29 is 37.1 Å². The van der Waals surface area contributed by atoms with Crippen LogP contribution in [0.2, 0.25) is 5.02 Å². The number of amides is 2. The molecule has 1 saturated heterocycles. The Morgan fingerprint density at radius 3 is 2.59 bits per heavy atom. The van der Waals surface area contributed by atoms with Gasteiger partial charge in [0, 0.05) is 85.7 Å². The average Bonchev–Trinajstić information content (AvgIpc) is 3.74. The predicted octanol–water partition coefficient (Wildman–Crippen LogP) is 7.73. The van der Waals surface area contributed by atoms with Gasteiger partial charge in [0.25, 0.3) is 21.6 Å². The maximum Gasteiger partial charge on any atom is 0.406 e. The SMILES string of the molecule is COC(=O)NC[C@@H]1COc2cc(S(=O)(=O)NC(=O)c3ccc(N4CCN(CC5=C(c6ccc(Cl)cc6)CC(C)(C)CC5)CC4)cc3Oc3cnc4[nH]ccc4c3)cc([N+](=O)[O-])c2C1. The highest BCUT2D eigenvalue weighted by Gasteiger charge is 2.33. The van der Waals surface area contributed by atoms with Gasteiger partial charge in [-0.25, -0.2) is 22.9 Å². The number of nitro benzene ring substituents is 1. The van der Waals surface area contributed by atoms with Gasteiger partial charge in [-0.15, -0.1) is 0 Å². The van der Waals surface area contributed by atoms with E-state index in [-0.39, 0.29) is 53.5 Å². The first kappa shape index (κ1) is 43.5. The van der Waals surface area contributed by atoms with Gasteiger partial charge in [0.1, 0.15) is 22.9 Å². The van der Waals surface area contributed by atoms with Crippen molar-refractivity contribution in [1.82, 2.24) is 24.9 Å². The quantitative estimate of drug-likeness (QED) is 0.0815. The molecule has 18 heteroatoms. The first-order valence-electron chi connectivity index (χ1n) is 20.7. The van der Waals surface area contributed by atoms with E-state index in [4.69, 9.17) is 21.1 Å². The summed E-state index contributed by atoms with van der Waals surface area (Å²) < 4.78 is 46.4. The minimum atomic E-state index is -4.68. The van der Waals surface area contributed by atoms with Crippen molar-refractivity contribution >= 4 is 61.6 Å². The lowest BCUT2D eigenvalue weighted by molar-refractivity contribution is -0.386. The van der Waals surface area contributed by atoms with E-state index in [0.717, 1.165) is 67.1 Å². The molecule has 63 heavy (non-hydrogen) atoms. The topological polar surface area (TPSA) is 198 Å². The number of halogens is 1. The van der Waals surface area contributed by atoms with E-state index in [1.807, 2.05) is 18.2 Å². The third-order valence-electron chi connectivity index (χ3n) is 11.9.